The van der Waals surface area contributed by atoms with Gasteiger partial charge >= 0.3 is 0 Å². The van der Waals surface area contributed by atoms with Crippen molar-refractivity contribution in [3.05, 3.63) is 95.6 Å². The summed E-state index contributed by atoms with van der Waals surface area (Å²) >= 11 is 0. The molecular weight excluding hydrogens is 454 g/mol. The van der Waals surface area contributed by atoms with Gasteiger partial charge in [0.25, 0.3) is 0 Å². The van der Waals surface area contributed by atoms with Gasteiger partial charge in [-0.15, -0.1) is 0 Å². The second kappa shape index (κ2) is 11.5. The number of rotatable bonds is 9. The molecule has 186 valence electrons. The van der Waals surface area contributed by atoms with E-state index < -0.39 is 0 Å². The average Bonchev–Trinajstić information content (AvgIpc) is 3.38. The summed E-state index contributed by atoms with van der Waals surface area (Å²) in [5.41, 5.74) is 3.68. The van der Waals surface area contributed by atoms with Crippen molar-refractivity contribution in [2.24, 2.45) is 5.10 Å². The molecule has 2 unspecified atom stereocenters. The molecule has 0 aromatic heterocycles. The second-order valence-electron chi connectivity index (χ2n) is 8.68. The third kappa shape index (κ3) is 5.74. The maximum absolute atomic E-state index is 13.3. The van der Waals surface area contributed by atoms with E-state index in [-0.39, 0.29) is 36.7 Å². The number of ether oxygens (including phenoxy) is 2. The predicted octanol–water partition coefficient (Wildman–Crippen LogP) is 5.04. The lowest BCUT2D eigenvalue weighted by Gasteiger charge is -2.22. The zero-order valence-corrected chi connectivity index (χ0v) is 20.8. The smallest absolute Gasteiger partial charge is 0.243 e. The van der Waals surface area contributed by atoms with Crippen LogP contribution in [0, 0.1) is 0 Å². The SMILES string of the molecule is COc1ccc(C2CC(c3ccccc3)=NN2C(=O)CCC(=O)NC(C)c2ccccc2OC)cc1. The van der Waals surface area contributed by atoms with Gasteiger partial charge in [-0.05, 0) is 36.2 Å². The molecule has 2 amide bonds. The van der Waals surface area contributed by atoms with Gasteiger partial charge in [0.05, 0.1) is 32.0 Å². The molecule has 0 fully saturated rings. The number of methoxy groups -OCH3 is 2. The van der Waals surface area contributed by atoms with E-state index in [1.807, 2.05) is 85.8 Å². The Kier molecular flexibility index (Phi) is 8.00. The third-order valence-electron chi connectivity index (χ3n) is 6.32. The van der Waals surface area contributed by atoms with Gasteiger partial charge in [0.15, 0.2) is 0 Å². The van der Waals surface area contributed by atoms with Gasteiger partial charge in [-0.2, -0.15) is 5.10 Å². The molecular formula is C29H31N3O4. The number of benzene rings is 3. The van der Waals surface area contributed by atoms with Crippen molar-refractivity contribution in [2.45, 2.75) is 38.3 Å². The molecule has 7 nitrogen and oxygen atoms in total. The van der Waals surface area contributed by atoms with Crippen LogP contribution in [0.25, 0.3) is 0 Å². The summed E-state index contributed by atoms with van der Waals surface area (Å²) in [6, 6.07) is 24.6. The van der Waals surface area contributed by atoms with Crippen LogP contribution < -0.4 is 14.8 Å². The lowest BCUT2D eigenvalue weighted by molar-refractivity contribution is -0.135. The minimum atomic E-state index is -0.245. The Morgan fingerprint density at radius 1 is 0.944 bits per heavy atom. The van der Waals surface area contributed by atoms with E-state index >= 15 is 0 Å². The first-order chi connectivity index (χ1) is 17.5. The average molecular weight is 486 g/mol. The maximum atomic E-state index is 13.3. The molecule has 0 saturated carbocycles. The van der Waals surface area contributed by atoms with Crippen LogP contribution in [0.3, 0.4) is 0 Å². The van der Waals surface area contributed by atoms with Crippen LogP contribution in [-0.4, -0.2) is 36.8 Å². The molecule has 0 spiro atoms. The van der Waals surface area contributed by atoms with Crippen LogP contribution >= 0.6 is 0 Å². The van der Waals surface area contributed by atoms with Gasteiger partial charge < -0.3 is 14.8 Å². The number of nitrogens with one attached hydrogen (secondary N) is 1. The summed E-state index contributed by atoms with van der Waals surface area (Å²) in [5, 5.41) is 9.19. The number of hydrogen-bond donors (Lipinski definition) is 1. The molecule has 1 aliphatic rings. The van der Waals surface area contributed by atoms with Gasteiger partial charge in [0.2, 0.25) is 11.8 Å². The quantitative estimate of drug-likeness (QED) is 0.461. The minimum absolute atomic E-state index is 0.0582. The monoisotopic (exact) mass is 485 g/mol. The predicted molar refractivity (Wildman–Crippen MR) is 139 cm³/mol. The first-order valence-electron chi connectivity index (χ1n) is 12.0. The Hall–Kier alpha value is -4.13. The maximum Gasteiger partial charge on any atom is 0.243 e. The van der Waals surface area contributed by atoms with E-state index in [4.69, 9.17) is 9.47 Å². The number of carbonyl (C=O) groups excluding carboxylic acids is 2. The Bertz CT molecular complexity index is 1220. The lowest BCUT2D eigenvalue weighted by Crippen LogP contribution is -2.30. The zero-order valence-electron chi connectivity index (χ0n) is 20.8. The minimum Gasteiger partial charge on any atom is -0.497 e. The fraction of sp³-hybridized carbons (Fsp3) is 0.276. The summed E-state index contributed by atoms with van der Waals surface area (Å²) in [6.45, 7) is 1.90. The normalized spacial score (nSPS) is 15.7. The number of nitrogens with zero attached hydrogens (tertiary/aromatic N) is 2. The van der Waals surface area contributed by atoms with Gasteiger partial charge in [-0.25, -0.2) is 5.01 Å². The molecule has 3 aromatic carbocycles. The Balaban J connectivity index is 1.45. The summed E-state index contributed by atoms with van der Waals surface area (Å²) < 4.78 is 10.7. The Morgan fingerprint density at radius 2 is 1.64 bits per heavy atom. The molecule has 1 N–H and O–H groups in total. The molecule has 0 bridgehead atoms. The fourth-order valence-corrected chi connectivity index (χ4v) is 4.38. The lowest BCUT2D eigenvalue weighted by atomic mass is 9.98. The highest BCUT2D eigenvalue weighted by atomic mass is 16.5. The summed E-state index contributed by atoms with van der Waals surface area (Å²) in [4.78, 5) is 26.0. The van der Waals surface area contributed by atoms with Crippen molar-refractivity contribution in [1.29, 1.82) is 0 Å². The molecule has 0 saturated heterocycles. The molecule has 0 aliphatic carbocycles. The number of hydrogen-bond acceptors (Lipinski definition) is 5. The van der Waals surface area contributed by atoms with Crippen molar-refractivity contribution in [3.63, 3.8) is 0 Å². The van der Waals surface area contributed by atoms with Crippen LogP contribution in [0.4, 0.5) is 0 Å². The first-order valence-corrected chi connectivity index (χ1v) is 12.0. The van der Waals surface area contributed by atoms with Gasteiger partial charge in [-0.3, -0.25) is 9.59 Å². The highest BCUT2D eigenvalue weighted by Crippen LogP contribution is 2.34. The number of carbonyl (C=O) groups is 2. The van der Waals surface area contributed by atoms with Crippen molar-refractivity contribution >= 4 is 17.5 Å². The summed E-state index contributed by atoms with van der Waals surface area (Å²) in [5.74, 6) is 1.07. The summed E-state index contributed by atoms with van der Waals surface area (Å²) in [6.07, 6.45) is 0.724. The standard InChI is InChI=1S/C29H31N3O4/c1-20(24-11-7-8-12-27(24)36-3)30-28(33)17-18-29(34)32-26(22-13-15-23(35-2)16-14-22)19-25(31-32)21-9-5-4-6-10-21/h4-16,20,26H,17-19H2,1-3H3,(H,30,33). The van der Waals surface area contributed by atoms with E-state index in [9.17, 15) is 9.59 Å². The first kappa shape index (κ1) is 25.0. The van der Waals surface area contributed by atoms with Crippen molar-refractivity contribution in [3.8, 4) is 11.5 Å². The Morgan fingerprint density at radius 3 is 2.33 bits per heavy atom. The molecule has 0 radical (unpaired) electrons. The van der Waals surface area contributed by atoms with E-state index in [0.29, 0.717) is 12.2 Å². The Labute approximate surface area is 211 Å². The highest BCUT2D eigenvalue weighted by Gasteiger charge is 2.33. The van der Waals surface area contributed by atoms with Crippen LogP contribution in [0.15, 0.2) is 84.0 Å². The van der Waals surface area contributed by atoms with Gasteiger partial charge in [0.1, 0.15) is 11.5 Å². The van der Waals surface area contributed by atoms with Crippen LogP contribution in [0.2, 0.25) is 0 Å². The highest BCUT2D eigenvalue weighted by molar-refractivity contribution is 6.03. The van der Waals surface area contributed by atoms with Crippen LogP contribution in [0.5, 0.6) is 11.5 Å². The molecule has 2 atom stereocenters. The van der Waals surface area contributed by atoms with Gasteiger partial charge in [-0.1, -0.05) is 60.7 Å². The molecule has 1 heterocycles. The molecule has 36 heavy (non-hydrogen) atoms. The molecule has 7 heteroatoms. The van der Waals surface area contributed by atoms with Crippen molar-refractivity contribution in [2.75, 3.05) is 14.2 Å². The number of amides is 2. The van der Waals surface area contributed by atoms with Gasteiger partial charge in [0, 0.05) is 24.8 Å². The van der Waals surface area contributed by atoms with E-state index in [0.717, 1.165) is 28.2 Å². The number of para-hydroxylation sites is 1. The molecule has 1 aliphatic heterocycles. The third-order valence-corrected chi connectivity index (χ3v) is 6.32. The summed E-state index contributed by atoms with van der Waals surface area (Å²) in [7, 11) is 3.22. The second-order valence-corrected chi connectivity index (χ2v) is 8.68. The topological polar surface area (TPSA) is 80.2 Å². The van der Waals surface area contributed by atoms with E-state index in [1.165, 1.54) is 5.01 Å². The largest absolute Gasteiger partial charge is 0.497 e. The van der Waals surface area contributed by atoms with Crippen LogP contribution in [-0.2, 0) is 9.59 Å². The van der Waals surface area contributed by atoms with Crippen LogP contribution in [0.1, 0.15) is 55.0 Å². The molecule has 4 rings (SSSR count). The molecule has 3 aromatic rings. The van der Waals surface area contributed by atoms with Crippen molar-refractivity contribution in [1.82, 2.24) is 10.3 Å². The van der Waals surface area contributed by atoms with E-state index in [2.05, 4.69) is 10.4 Å². The zero-order chi connectivity index (χ0) is 25.5. The number of hydrazone groups is 1. The fourth-order valence-electron chi connectivity index (χ4n) is 4.38. The van der Waals surface area contributed by atoms with E-state index in [1.54, 1.807) is 14.2 Å². The van der Waals surface area contributed by atoms with Crippen molar-refractivity contribution < 1.29 is 19.1 Å².